The summed E-state index contributed by atoms with van der Waals surface area (Å²) in [5.41, 5.74) is 0. The third kappa shape index (κ3) is 4.34. The van der Waals surface area contributed by atoms with Crippen molar-refractivity contribution in [3.8, 4) is 6.07 Å². The summed E-state index contributed by atoms with van der Waals surface area (Å²) in [6.45, 7) is 2.36. The Kier molecular flexibility index (Phi) is 6.15. The van der Waals surface area contributed by atoms with Gasteiger partial charge in [0.25, 0.3) is 0 Å². The van der Waals surface area contributed by atoms with Crippen LogP contribution in [0.4, 0.5) is 0 Å². The Labute approximate surface area is 107 Å². The van der Waals surface area contributed by atoms with E-state index in [4.69, 9.17) is 10.00 Å². The van der Waals surface area contributed by atoms with Crippen LogP contribution < -0.4 is 0 Å². The standard InChI is InChI=1S/C12H19N3O3/c1-18-10-12(17)15-8-6-14(7-9-15)11(16)4-2-3-5-13/h2-4,6-10H2,1H3. The molecule has 0 unspecified atom stereocenters. The van der Waals surface area contributed by atoms with Gasteiger partial charge in [-0.05, 0) is 6.42 Å². The highest BCUT2D eigenvalue weighted by Gasteiger charge is 2.23. The number of hydrogen-bond donors (Lipinski definition) is 0. The lowest BCUT2D eigenvalue weighted by atomic mass is 10.2. The van der Waals surface area contributed by atoms with Gasteiger partial charge >= 0.3 is 0 Å². The fourth-order valence-corrected chi connectivity index (χ4v) is 1.90. The van der Waals surface area contributed by atoms with Gasteiger partial charge in [0.1, 0.15) is 6.61 Å². The third-order valence-electron chi connectivity index (χ3n) is 2.93. The second-order valence-corrected chi connectivity index (χ2v) is 4.21. The number of nitrogens with zero attached hydrogens (tertiary/aromatic N) is 3. The highest BCUT2D eigenvalue weighted by Crippen LogP contribution is 2.06. The molecule has 1 heterocycles. The molecule has 1 saturated heterocycles. The predicted octanol–water partition coefficient (Wildman–Crippen LogP) is -0.00252. The fourth-order valence-electron chi connectivity index (χ4n) is 1.90. The number of carbonyl (C=O) groups excluding carboxylic acids is 2. The van der Waals surface area contributed by atoms with E-state index in [2.05, 4.69) is 0 Å². The van der Waals surface area contributed by atoms with Crippen molar-refractivity contribution in [3.05, 3.63) is 0 Å². The van der Waals surface area contributed by atoms with E-state index in [1.807, 2.05) is 6.07 Å². The number of rotatable bonds is 5. The van der Waals surface area contributed by atoms with Gasteiger partial charge in [0.2, 0.25) is 11.8 Å². The molecule has 0 aliphatic carbocycles. The zero-order valence-corrected chi connectivity index (χ0v) is 10.7. The SMILES string of the molecule is COCC(=O)N1CCN(C(=O)CCCC#N)CC1. The van der Waals surface area contributed by atoms with E-state index < -0.39 is 0 Å². The number of nitriles is 1. The number of carbonyl (C=O) groups is 2. The molecule has 0 N–H and O–H groups in total. The monoisotopic (exact) mass is 253 g/mol. The summed E-state index contributed by atoms with van der Waals surface area (Å²) < 4.78 is 4.79. The molecule has 0 spiro atoms. The quantitative estimate of drug-likeness (QED) is 0.646. The Morgan fingerprint density at radius 3 is 2.22 bits per heavy atom. The van der Waals surface area contributed by atoms with Gasteiger partial charge in [-0.1, -0.05) is 0 Å². The van der Waals surface area contributed by atoms with Crippen molar-refractivity contribution in [3.63, 3.8) is 0 Å². The maximum Gasteiger partial charge on any atom is 0.248 e. The topological polar surface area (TPSA) is 73.6 Å². The van der Waals surface area contributed by atoms with E-state index in [1.165, 1.54) is 7.11 Å². The molecule has 0 aromatic heterocycles. The van der Waals surface area contributed by atoms with Gasteiger partial charge in [-0.2, -0.15) is 5.26 Å². The molecule has 0 atom stereocenters. The Bertz CT molecular complexity index is 330. The van der Waals surface area contributed by atoms with Crippen molar-refractivity contribution in [1.29, 1.82) is 5.26 Å². The zero-order chi connectivity index (χ0) is 13.4. The van der Waals surface area contributed by atoms with Gasteiger partial charge in [-0.15, -0.1) is 0 Å². The van der Waals surface area contributed by atoms with Crippen LogP contribution in [0.5, 0.6) is 0 Å². The Balaban J connectivity index is 2.28. The van der Waals surface area contributed by atoms with Crippen molar-refractivity contribution in [2.24, 2.45) is 0 Å². The Hall–Kier alpha value is -1.61. The van der Waals surface area contributed by atoms with Gasteiger partial charge in [-0.25, -0.2) is 0 Å². The molecule has 0 radical (unpaired) electrons. The van der Waals surface area contributed by atoms with Crippen LogP contribution in [-0.2, 0) is 14.3 Å². The first kappa shape index (κ1) is 14.5. The summed E-state index contributed by atoms with van der Waals surface area (Å²) in [4.78, 5) is 26.8. The van der Waals surface area contributed by atoms with E-state index in [9.17, 15) is 9.59 Å². The zero-order valence-electron chi connectivity index (χ0n) is 10.7. The van der Waals surface area contributed by atoms with Gasteiger partial charge in [0.15, 0.2) is 0 Å². The molecule has 6 heteroatoms. The lowest BCUT2D eigenvalue weighted by Crippen LogP contribution is -2.51. The van der Waals surface area contributed by atoms with Crippen LogP contribution in [0.2, 0.25) is 0 Å². The number of methoxy groups -OCH3 is 1. The second kappa shape index (κ2) is 7.67. The molecule has 0 saturated carbocycles. The number of piperazine rings is 1. The molecule has 6 nitrogen and oxygen atoms in total. The van der Waals surface area contributed by atoms with Gasteiger partial charge in [0.05, 0.1) is 6.07 Å². The molecule has 1 aliphatic rings. The van der Waals surface area contributed by atoms with Crippen molar-refractivity contribution < 1.29 is 14.3 Å². The number of amides is 2. The Morgan fingerprint density at radius 1 is 1.17 bits per heavy atom. The van der Waals surface area contributed by atoms with E-state index >= 15 is 0 Å². The van der Waals surface area contributed by atoms with Crippen LogP contribution >= 0.6 is 0 Å². The predicted molar refractivity (Wildman–Crippen MR) is 64.5 cm³/mol. The molecule has 100 valence electrons. The third-order valence-corrected chi connectivity index (χ3v) is 2.93. The molecule has 1 fully saturated rings. The summed E-state index contributed by atoms with van der Waals surface area (Å²) >= 11 is 0. The van der Waals surface area contributed by atoms with Crippen molar-refractivity contribution in [1.82, 2.24) is 9.80 Å². The number of unbranched alkanes of at least 4 members (excludes halogenated alkanes) is 1. The van der Waals surface area contributed by atoms with E-state index in [0.717, 1.165) is 0 Å². The van der Waals surface area contributed by atoms with Crippen molar-refractivity contribution in [2.45, 2.75) is 19.3 Å². The van der Waals surface area contributed by atoms with E-state index in [1.54, 1.807) is 9.80 Å². The minimum atomic E-state index is -0.0333. The molecule has 1 aliphatic heterocycles. The lowest BCUT2D eigenvalue weighted by molar-refractivity contribution is -0.141. The van der Waals surface area contributed by atoms with E-state index in [-0.39, 0.29) is 18.4 Å². The first-order chi connectivity index (χ1) is 8.69. The smallest absolute Gasteiger partial charge is 0.248 e. The molecule has 0 aromatic rings. The van der Waals surface area contributed by atoms with Gasteiger partial charge in [0, 0.05) is 46.1 Å². The van der Waals surface area contributed by atoms with Crippen molar-refractivity contribution >= 4 is 11.8 Å². The fraction of sp³-hybridized carbons (Fsp3) is 0.750. The molecular formula is C12H19N3O3. The van der Waals surface area contributed by atoms with Crippen LogP contribution in [0, 0.1) is 11.3 Å². The summed E-state index contributed by atoms with van der Waals surface area (Å²) in [5.74, 6) is 0.0400. The van der Waals surface area contributed by atoms with E-state index in [0.29, 0.717) is 45.4 Å². The minimum absolute atomic E-state index is 0.0333. The number of ether oxygens (including phenoxy) is 1. The minimum Gasteiger partial charge on any atom is -0.375 e. The summed E-state index contributed by atoms with van der Waals surface area (Å²) in [6, 6.07) is 2.02. The van der Waals surface area contributed by atoms with Gasteiger partial charge < -0.3 is 14.5 Å². The summed E-state index contributed by atoms with van der Waals surface area (Å²) in [7, 11) is 1.49. The van der Waals surface area contributed by atoms with Crippen LogP contribution in [0.3, 0.4) is 0 Å². The van der Waals surface area contributed by atoms with Crippen LogP contribution in [0.1, 0.15) is 19.3 Å². The van der Waals surface area contributed by atoms with Crippen LogP contribution in [0.25, 0.3) is 0 Å². The molecule has 0 aromatic carbocycles. The largest absolute Gasteiger partial charge is 0.375 e. The number of hydrogen-bond acceptors (Lipinski definition) is 4. The van der Waals surface area contributed by atoms with Crippen LogP contribution in [0.15, 0.2) is 0 Å². The average Bonchev–Trinajstić information content (AvgIpc) is 2.39. The highest BCUT2D eigenvalue weighted by atomic mass is 16.5. The second-order valence-electron chi connectivity index (χ2n) is 4.21. The normalized spacial score (nSPS) is 15.3. The van der Waals surface area contributed by atoms with Crippen LogP contribution in [-0.4, -0.2) is 61.5 Å². The summed E-state index contributed by atoms with van der Waals surface area (Å²) in [5, 5.41) is 8.40. The molecule has 2 amide bonds. The molecule has 1 rings (SSSR count). The lowest BCUT2D eigenvalue weighted by Gasteiger charge is -2.34. The highest BCUT2D eigenvalue weighted by molar-refractivity contribution is 5.79. The first-order valence-corrected chi connectivity index (χ1v) is 6.10. The molecule has 18 heavy (non-hydrogen) atoms. The molecule has 0 bridgehead atoms. The van der Waals surface area contributed by atoms with Crippen molar-refractivity contribution in [2.75, 3.05) is 39.9 Å². The summed E-state index contributed by atoms with van der Waals surface area (Å²) in [6.07, 6.45) is 1.44. The first-order valence-electron chi connectivity index (χ1n) is 6.10. The molecular weight excluding hydrogens is 234 g/mol. The maximum absolute atomic E-state index is 11.8. The average molecular weight is 253 g/mol. The van der Waals surface area contributed by atoms with Gasteiger partial charge in [-0.3, -0.25) is 9.59 Å². The Morgan fingerprint density at radius 2 is 1.72 bits per heavy atom. The maximum atomic E-state index is 11.8.